The van der Waals surface area contributed by atoms with E-state index < -0.39 is 11.9 Å². The molecule has 0 saturated carbocycles. The predicted molar refractivity (Wildman–Crippen MR) is 100 cm³/mol. The summed E-state index contributed by atoms with van der Waals surface area (Å²) < 4.78 is 9.77. The van der Waals surface area contributed by atoms with Gasteiger partial charge in [-0.1, -0.05) is 0 Å². The van der Waals surface area contributed by atoms with Gasteiger partial charge in [-0.2, -0.15) is 0 Å². The molecule has 0 amide bonds. The quantitative estimate of drug-likeness (QED) is 0.498. The van der Waals surface area contributed by atoms with Gasteiger partial charge in [0, 0.05) is 33.7 Å². The van der Waals surface area contributed by atoms with Crippen LogP contribution in [0.5, 0.6) is 0 Å². The second kappa shape index (κ2) is 11.0. The molecule has 0 unspecified atom stereocenters. The van der Waals surface area contributed by atoms with Crippen molar-refractivity contribution >= 4 is 35.0 Å². The molecule has 0 saturated heterocycles. The Morgan fingerprint density at radius 1 is 0.778 bits per heavy atom. The Morgan fingerprint density at radius 3 is 1.44 bits per heavy atom. The number of ether oxygens (including phenoxy) is 2. The van der Waals surface area contributed by atoms with Crippen molar-refractivity contribution in [3.63, 3.8) is 0 Å². The fourth-order valence-electron chi connectivity index (χ4n) is 2.91. The minimum absolute atomic E-state index is 0.0322. The number of H-pyrrole nitrogens is 1. The van der Waals surface area contributed by atoms with E-state index in [0.717, 1.165) is 0 Å². The molecule has 0 fully saturated rings. The van der Waals surface area contributed by atoms with E-state index in [4.69, 9.17) is 9.47 Å². The Balaban J connectivity index is 3.15. The highest BCUT2D eigenvalue weighted by Gasteiger charge is 2.22. The first-order valence-electron chi connectivity index (χ1n) is 8.88. The number of aryl methyl sites for hydroxylation is 2. The number of rotatable bonds is 10. The lowest BCUT2D eigenvalue weighted by Crippen LogP contribution is -2.06. The van der Waals surface area contributed by atoms with Gasteiger partial charge < -0.3 is 14.5 Å². The Kier molecular flexibility index (Phi) is 9.00. The van der Waals surface area contributed by atoms with Gasteiger partial charge in [0.25, 0.3) is 0 Å². The molecule has 0 aliphatic rings. The lowest BCUT2D eigenvalue weighted by Gasteiger charge is -2.09. The number of hydrogen-bond acceptors (Lipinski definition) is 6. The van der Waals surface area contributed by atoms with Crippen molar-refractivity contribution in [1.29, 1.82) is 0 Å². The number of esters is 2. The van der Waals surface area contributed by atoms with Crippen LogP contribution >= 0.6 is 0 Å². The first kappa shape index (κ1) is 22.2. The lowest BCUT2D eigenvalue weighted by atomic mass is 9.92. The topological polar surface area (TPSA) is 103 Å². The third kappa shape index (κ3) is 6.10. The van der Waals surface area contributed by atoms with Crippen molar-refractivity contribution in [3.8, 4) is 0 Å². The molecular formula is C20H25NO6. The normalized spacial score (nSPS) is 9.93. The highest BCUT2D eigenvalue weighted by atomic mass is 16.5. The molecule has 0 radical (unpaired) electrons. The zero-order chi connectivity index (χ0) is 20.4. The van der Waals surface area contributed by atoms with Crippen LogP contribution in [0.2, 0.25) is 0 Å². The van der Waals surface area contributed by atoms with Crippen molar-refractivity contribution in [1.82, 2.24) is 4.98 Å². The summed E-state index contributed by atoms with van der Waals surface area (Å²) in [7, 11) is 0. The van der Waals surface area contributed by atoms with E-state index in [-0.39, 0.29) is 50.0 Å². The Morgan fingerprint density at radius 2 is 1.15 bits per heavy atom. The van der Waals surface area contributed by atoms with Crippen LogP contribution in [0.3, 0.4) is 0 Å². The summed E-state index contributed by atoms with van der Waals surface area (Å²) in [5.74, 6) is 2.93. The average Bonchev–Trinajstić information content (AvgIpc) is 2.91. The molecule has 0 spiro atoms. The summed E-state index contributed by atoms with van der Waals surface area (Å²) in [6, 6.07) is 0. The lowest BCUT2D eigenvalue weighted by molar-refractivity contribution is -0.143. The van der Waals surface area contributed by atoms with Crippen LogP contribution in [0.1, 0.15) is 62.0 Å². The van der Waals surface area contributed by atoms with Crippen molar-refractivity contribution in [2.45, 2.75) is 53.4 Å². The van der Waals surface area contributed by atoms with E-state index in [1.165, 1.54) is 0 Å². The summed E-state index contributed by atoms with van der Waals surface area (Å²) >= 11 is 0. The zero-order valence-corrected chi connectivity index (χ0v) is 16.2. The van der Waals surface area contributed by atoms with Gasteiger partial charge in [0.15, 0.2) is 0 Å². The van der Waals surface area contributed by atoms with Gasteiger partial charge in [0.2, 0.25) is 0 Å². The van der Waals surface area contributed by atoms with Gasteiger partial charge >= 0.3 is 11.9 Å². The van der Waals surface area contributed by atoms with E-state index in [1.54, 1.807) is 27.7 Å². The Labute approximate surface area is 158 Å². The van der Waals surface area contributed by atoms with E-state index in [1.807, 2.05) is 11.9 Å². The molecule has 0 atom stereocenters. The Hall–Kier alpha value is -2.88. The van der Waals surface area contributed by atoms with E-state index in [9.17, 15) is 19.2 Å². The minimum atomic E-state index is -0.412. The number of allylic oxidation sites excluding steroid dienone is 2. The standard InChI is InChI=1S/C20H25NO6/c1-5-26-17(24)9-7-15(11-22)19-13(3)21-14(4)20(19)16(12-23)8-10-18(25)27-6-2/h21H,5-10H2,1-4H3. The molecular weight excluding hydrogens is 350 g/mol. The highest BCUT2D eigenvalue weighted by molar-refractivity contribution is 5.99. The van der Waals surface area contributed by atoms with E-state index in [2.05, 4.69) is 4.98 Å². The highest BCUT2D eigenvalue weighted by Crippen LogP contribution is 2.33. The molecule has 0 aliphatic carbocycles. The van der Waals surface area contributed by atoms with Crippen molar-refractivity contribution in [3.05, 3.63) is 22.5 Å². The molecule has 0 aromatic carbocycles. The first-order chi connectivity index (χ1) is 12.9. The molecule has 1 heterocycles. The second-order valence-corrected chi connectivity index (χ2v) is 5.90. The molecule has 7 nitrogen and oxygen atoms in total. The second-order valence-electron chi connectivity index (χ2n) is 5.90. The van der Waals surface area contributed by atoms with E-state index in [0.29, 0.717) is 22.5 Å². The van der Waals surface area contributed by atoms with Crippen LogP contribution in [0.15, 0.2) is 0 Å². The van der Waals surface area contributed by atoms with Crippen LogP contribution in [-0.4, -0.2) is 42.0 Å². The molecule has 1 N–H and O–H groups in total. The maximum Gasteiger partial charge on any atom is 0.306 e. The SMILES string of the molecule is CCOC(=O)CCC(=C=O)c1c(C)[nH]c(C)c1C(=C=O)CCC(=O)OCC. The predicted octanol–water partition coefficient (Wildman–Crippen LogP) is 2.75. The summed E-state index contributed by atoms with van der Waals surface area (Å²) in [6.45, 7) is 7.47. The van der Waals surface area contributed by atoms with Gasteiger partial charge in [-0.3, -0.25) is 9.59 Å². The smallest absolute Gasteiger partial charge is 0.306 e. The molecule has 146 valence electrons. The molecule has 27 heavy (non-hydrogen) atoms. The maximum atomic E-state index is 11.6. The summed E-state index contributed by atoms with van der Waals surface area (Å²) in [5, 5.41) is 0. The van der Waals surface area contributed by atoms with Crippen LogP contribution in [0.25, 0.3) is 11.1 Å². The van der Waals surface area contributed by atoms with Crippen LogP contribution in [0, 0.1) is 13.8 Å². The van der Waals surface area contributed by atoms with Crippen LogP contribution in [-0.2, 0) is 28.7 Å². The molecule has 1 aromatic rings. The van der Waals surface area contributed by atoms with Crippen molar-refractivity contribution in [2.75, 3.05) is 13.2 Å². The number of carbonyl (C=O) groups is 2. The number of aromatic amines is 1. The molecule has 7 heteroatoms. The van der Waals surface area contributed by atoms with Crippen molar-refractivity contribution < 1.29 is 28.7 Å². The van der Waals surface area contributed by atoms with Gasteiger partial charge in [-0.15, -0.1) is 0 Å². The van der Waals surface area contributed by atoms with Gasteiger partial charge in [0.1, 0.15) is 11.9 Å². The number of carbonyl (C=O) groups excluding carboxylic acids is 4. The molecule has 0 aliphatic heterocycles. The minimum Gasteiger partial charge on any atom is -0.466 e. The molecule has 1 aromatic heterocycles. The maximum absolute atomic E-state index is 11.6. The van der Waals surface area contributed by atoms with Gasteiger partial charge in [0.05, 0.1) is 26.1 Å². The number of aromatic nitrogens is 1. The largest absolute Gasteiger partial charge is 0.466 e. The average molecular weight is 375 g/mol. The zero-order valence-electron chi connectivity index (χ0n) is 16.2. The van der Waals surface area contributed by atoms with Crippen LogP contribution < -0.4 is 0 Å². The van der Waals surface area contributed by atoms with Gasteiger partial charge in [-0.25, -0.2) is 9.59 Å². The Bertz CT molecular complexity index is 727. The third-order valence-electron chi connectivity index (χ3n) is 3.99. The number of nitrogens with one attached hydrogen (secondary N) is 1. The third-order valence-corrected chi connectivity index (χ3v) is 3.99. The summed E-state index contributed by atoms with van der Waals surface area (Å²) in [5.41, 5.74) is 2.93. The fourth-order valence-corrected chi connectivity index (χ4v) is 2.91. The monoisotopic (exact) mass is 375 g/mol. The molecule has 0 bridgehead atoms. The van der Waals surface area contributed by atoms with Crippen molar-refractivity contribution in [2.24, 2.45) is 0 Å². The summed E-state index contributed by atoms with van der Waals surface area (Å²) in [4.78, 5) is 49.4. The number of hydrogen-bond donors (Lipinski definition) is 1. The van der Waals surface area contributed by atoms with Crippen LogP contribution in [0.4, 0.5) is 0 Å². The van der Waals surface area contributed by atoms with Gasteiger partial charge in [-0.05, 0) is 40.5 Å². The first-order valence-corrected chi connectivity index (χ1v) is 8.88. The van der Waals surface area contributed by atoms with E-state index >= 15 is 0 Å². The molecule has 1 rings (SSSR count). The summed E-state index contributed by atoms with van der Waals surface area (Å²) in [6.07, 6.45) is 0.337. The fraction of sp³-hybridized carbons (Fsp3) is 0.500.